The second kappa shape index (κ2) is 6.64. The number of hydrogen-bond donors (Lipinski definition) is 1. The topological polar surface area (TPSA) is 56.7 Å². The number of aromatic nitrogens is 1. The molecule has 2 heterocycles. The molecule has 1 N–H and O–H groups in total. The number of rotatable bonds is 2. The Hall–Kier alpha value is -1.98. The maximum Gasteiger partial charge on any atom is 0.407 e. The average molecular weight is 352 g/mol. The molecule has 7 heteroatoms. The van der Waals surface area contributed by atoms with Crippen LogP contribution in [0.15, 0.2) is 36.5 Å². The molecular formula is C16H15Cl2N3O2. The van der Waals surface area contributed by atoms with Crippen LogP contribution in [0, 0.1) is 0 Å². The quantitative estimate of drug-likeness (QED) is 0.892. The molecule has 1 fully saturated rings. The van der Waals surface area contributed by atoms with Crippen LogP contribution in [-0.4, -0.2) is 47.3 Å². The summed E-state index contributed by atoms with van der Waals surface area (Å²) in [7, 11) is 0. The summed E-state index contributed by atoms with van der Waals surface area (Å²) in [6, 6.07) is 9.27. The molecule has 1 aliphatic heterocycles. The Balaban J connectivity index is 1.74. The summed E-state index contributed by atoms with van der Waals surface area (Å²) in [4.78, 5) is 18.9. The highest BCUT2D eigenvalue weighted by Crippen LogP contribution is 2.27. The number of hydrogen-bond acceptors (Lipinski definition) is 3. The van der Waals surface area contributed by atoms with Crippen molar-refractivity contribution < 1.29 is 9.90 Å². The fourth-order valence-electron chi connectivity index (χ4n) is 2.59. The third-order valence-electron chi connectivity index (χ3n) is 3.82. The predicted molar refractivity (Wildman–Crippen MR) is 91.5 cm³/mol. The maximum absolute atomic E-state index is 10.9. The molecule has 0 atom stereocenters. The zero-order valence-corrected chi connectivity index (χ0v) is 13.8. The van der Waals surface area contributed by atoms with Crippen LogP contribution in [0.5, 0.6) is 0 Å². The molecule has 1 aromatic carbocycles. The normalized spacial score (nSPS) is 14.9. The Morgan fingerprint density at radius 2 is 1.65 bits per heavy atom. The Morgan fingerprint density at radius 1 is 1.00 bits per heavy atom. The molecule has 1 saturated heterocycles. The maximum atomic E-state index is 10.9. The summed E-state index contributed by atoms with van der Waals surface area (Å²) < 4.78 is 0. The lowest BCUT2D eigenvalue weighted by Crippen LogP contribution is -2.48. The molecule has 2 aromatic rings. The molecule has 0 unspecified atom stereocenters. The van der Waals surface area contributed by atoms with E-state index < -0.39 is 6.09 Å². The second-order valence-electron chi connectivity index (χ2n) is 5.32. The van der Waals surface area contributed by atoms with Crippen molar-refractivity contribution >= 4 is 35.1 Å². The molecule has 3 rings (SSSR count). The van der Waals surface area contributed by atoms with E-state index in [1.54, 1.807) is 12.3 Å². The molecule has 0 bridgehead atoms. The van der Waals surface area contributed by atoms with Gasteiger partial charge in [-0.3, -0.25) is 0 Å². The van der Waals surface area contributed by atoms with Crippen molar-refractivity contribution in [3.63, 3.8) is 0 Å². The van der Waals surface area contributed by atoms with Gasteiger partial charge in [-0.15, -0.1) is 0 Å². The number of pyridine rings is 1. The SMILES string of the molecule is O=C(O)N1CCN(c2ccc(-c3cc(Cl)cc(Cl)c3)cn2)CC1. The first-order valence-corrected chi connectivity index (χ1v) is 7.94. The first-order chi connectivity index (χ1) is 11.0. The first kappa shape index (κ1) is 15.9. The fourth-order valence-corrected chi connectivity index (χ4v) is 3.12. The molecule has 23 heavy (non-hydrogen) atoms. The van der Waals surface area contributed by atoms with Gasteiger partial charge in [0.2, 0.25) is 0 Å². The summed E-state index contributed by atoms with van der Waals surface area (Å²) in [5.74, 6) is 0.840. The van der Waals surface area contributed by atoms with Gasteiger partial charge in [0.1, 0.15) is 5.82 Å². The number of piperazine rings is 1. The smallest absolute Gasteiger partial charge is 0.407 e. The highest BCUT2D eigenvalue weighted by atomic mass is 35.5. The van der Waals surface area contributed by atoms with E-state index in [0.717, 1.165) is 16.9 Å². The van der Waals surface area contributed by atoms with E-state index in [2.05, 4.69) is 9.88 Å². The van der Waals surface area contributed by atoms with Crippen LogP contribution >= 0.6 is 23.2 Å². The van der Waals surface area contributed by atoms with Crippen LogP contribution in [0.1, 0.15) is 0 Å². The van der Waals surface area contributed by atoms with Crippen molar-refractivity contribution in [3.8, 4) is 11.1 Å². The number of benzene rings is 1. The summed E-state index contributed by atoms with van der Waals surface area (Å²) >= 11 is 12.1. The van der Waals surface area contributed by atoms with Gasteiger partial charge in [0, 0.05) is 48.0 Å². The minimum absolute atomic E-state index is 0.489. The Bertz CT molecular complexity index is 694. The highest BCUT2D eigenvalue weighted by Gasteiger charge is 2.21. The molecule has 1 aromatic heterocycles. The van der Waals surface area contributed by atoms with Crippen molar-refractivity contribution in [1.82, 2.24) is 9.88 Å². The van der Waals surface area contributed by atoms with Gasteiger partial charge in [0.25, 0.3) is 0 Å². The molecule has 0 radical (unpaired) electrons. The summed E-state index contributed by atoms with van der Waals surface area (Å²) in [6.07, 6.45) is 0.909. The molecule has 0 spiro atoms. The van der Waals surface area contributed by atoms with Crippen LogP contribution in [-0.2, 0) is 0 Å². The molecule has 0 saturated carbocycles. The lowest BCUT2D eigenvalue weighted by molar-refractivity contribution is 0.142. The van der Waals surface area contributed by atoms with E-state index in [0.29, 0.717) is 36.2 Å². The number of halogens is 2. The summed E-state index contributed by atoms with van der Waals surface area (Å²) in [5.41, 5.74) is 1.85. The molecule has 1 aliphatic rings. The van der Waals surface area contributed by atoms with Crippen LogP contribution < -0.4 is 4.90 Å². The zero-order chi connectivity index (χ0) is 16.4. The van der Waals surface area contributed by atoms with Gasteiger partial charge in [-0.2, -0.15) is 0 Å². The van der Waals surface area contributed by atoms with Crippen molar-refractivity contribution in [3.05, 3.63) is 46.6 Å². The third kappa shape index (κ3) is 3.68. The van der Waals surface area contributed by atoms with Gasteiger partial charge in [-0.25, -0.2) is 9.78 Å². The van der Waals surface area contributed by atoms with Crippen LogP contribution in [0.2, 0.25) is 10.0 Å². The van der Waals surface area contributed by atoms with Gasteiger partial charge in [0.15, 0.2) is 0 Å². The lowest BCUT2D eigenvalue weighted by Gasteiger charge is -2.33. The van der Waals surface area contributed by atoms with Crippen molar-refractivity contribution in [1.29, 1.82) is 0 Å². The minimum atomic E-state index is -0.870. The van der Waals surface area contributed by atoms with E-state index in [9.17, 15) is 4.79 Å². The number of carbonyl (C=O) groups is 1. The van der Waals surface area contributed by atoms with E-state index in [1.165, 1.54) is 4.90 Å². The van der Waals surface area contributed by atoms with Crippen LogP contribution in [0.3, 0.4) is 0 Å². The van der Waals surface area contributed by atoms with Gasteiger partial charge < -0.3 is 14.9 Å². The second-order valence-corrected chi connectivity index (χ2v) is 6.19. The minimum Gasteiger partial charge on any atom is -0.465 e. The number of carboxylic acid groups (broad SMARTS) is 1. The standard InChI is InChI=1S/C16H15Cl2N3O2/c17-13-7-12(8-14(18)9-13)11-1-2-15(19-10-11)20-3-5-21(6-4-20)16(22)23/h1-2,7-10H,3-6H2,(H,22,23). The molecular weight excluding hydrogens is 337 g/mol. The van der Waals surface area contributed by atoms with Crippen molar-refractivity contribution in [2.45, 2.75) is 0 Å². The number of nitrogens with zero attached hydrogens (tertiary/aromatic N) is 3. The molecule has 120 valence electrons. The van der Waals surface area contributed by atoms with Crippen LogP contribution in [0.25, 0.3) is 11.1 Å². The Labute approximate surface area is 144 Å². The largest absolute Gasteiger partial charge is 0.465 e. The van der Waals surface area contributed by atoms with Gasteiger partial charge >= 0.3 is 6.09 Å². The molecule has 0 aliphatic carbocycles. The lowest BCUT2D eigenvalue weighted by atomic mass is 10.1. The summed E-state index contributed by atoms with van der Waals surface area (Å²) in [6.45, 7) is 2.26. The molecule has 5 nitrogen and oxygen atoms in total. The van der Waals surface area contributed by atoms with E-state index in [-0.39, 0.29) is 0 Å². The van der Waals surface area contributed by atoms with E-state index in [4.69, 9.17) is 28.3 Å². The Kier molecular flexibility index (Phi) is 4.59. The molecule has 1 amide bonds. The first-order valence-electron chi connectivity index (χ1n) is 7.18. The Morgan fingerprint density at radius 3 is 2.17 bits per heavy atom. The zero-order valence-electron chi connectivity index (χ0n) is 12.2. The average Bonchev–Trinajstić information content (AvgIpc) is 2.54. The van der Waals surface area contributed by atoms with Gasteiger partial charge in [-0.1, -0.05) is 23.2 Å². The predicted octanol–water partition coefficient (Wildman–Crippen LogP) is 3.86. The number of amides is 1. The van der Waals surface area contributed by atoms with Gasteiger partial charge in [-0.05, 0) is 35.9 Å². The number of anilines is 1. The van der Waals surface area contributed by atoms with E-state index in [1.807, 2.05) is 24.3 Å². The summed E-state index contributed by atoms with van der Waals surface area (Å²) in [5, 5.41) is 10.1. The van der Waals surface area contributed by atoms with Crippen molar-refractivity contribution in [2.75, 3.05) is 31.1 Å². The van der Waals surface area contributed by atoms with E-state index >= 15 is 0 Å². The van der Waals surface area contributed by atoms with Crippen molar-refractivity contribution in [2.24, 2.45) is 0 Å². The monoisotopic (exact) mass is 351 g/mol. The third-order valence-corrected chi connectivity index (χ3v) is 4.25. The van der Waals surface area contributed by atoms with Gasteiger partial charge in [0.05, 0.1) is 0 Å². The highest BCUT2D eigenvalue weighted by molar-refractivity contribution is 6.35. The van der Waals surface area contributed by atoms with Crippen LogP contribution in [0.4, 0.5) is 10.6 Å². The fraction of sp³-hybridized carbons (Fsp3) is 0.250.